The van der Waals surface area contributed by atoms with Crippen molar-refractivity contribution in [3.8, 4) is 0 Å². The van der Waals surface area contributed by atoms with Crippen molar-refractivity contribution in [2.24, 2.45) is 0 Å². The molecule has 1 unspecified atom stereocenters. The van der Waals surface area contributed by atoms with Gasteiger partial charge in [-0.05, 0) is 19.1 Å². The van der Waals surface area contributed by atoms with Crippen molar-refractivity contribution in [1.29, 1.82) is 0 Å². The van der Waals surface area contributed by atoms with Crippen molar-refractivity contribution in [2.45, 2.75) is 19.5 Å². The summed E-state index contributed by atoms with van der Waals surface area (Å²) in [5.41, 5.74) is 0.892. The maximum absolute atomic E-state index is 12.0. The van der Waals surface area contributed by atoms with Crippen LogP contribution in [0.5, 0.6) is 0 Å². The molecule has 0 bridgehead atoms. The van der Waals surface area contributed by atoms with E-state index in [1.54, 1.807) is 6.07 Å². The van der Waals surface area contributed by atoms with Crippen LogP contribution in [-0.4, -0.2) is 48.0 Å². The average Bonchev–Trinajstić information content (AvgIpc) is 2.39. The molecule has 1 aliphatic rings. The van der Waals surface area contributed by atoms with Gasteiger partial charge in [0.15, 0.2) is 0 Å². The van der Waals surface area contributed by atoms with E-state index in [1.165, 1.54) is 0 Å². The molecular weight excluding hydrogens is 264 g/mol. The molecule has 0 aliphatic carbocycles. The van der Waals surface area contributed by atoms with E-state index in [2.05, 4.69) is 20.5 Å². The molecule has 1 aromatic heterocycles. The highest BCUT2D eigenvalue weighted by molar-refractivity contribution is 6.29. The van der Waals surface area contributed by atoms with Gasteiger partial charge in [0.25, 0.3) is 0 Å². The monoisotopic (exact) mass is 282 g/mol. The van der Waals surface area contributed by atoms with E-state index in [9.17, 15) is 4.79 Å². The fraction of sp³-hybridized carbons (Fsp3) is 0.538. The number of halogens is 1. The molecular formula is C13H19ClN4O. The number of amides is 1. The zero-order chi connectivity index (χ0) is 13.7. The molecule has 0 radical (unpaired) electrons. The molecule has 6 heteroatoms. The summed E-state index contributed by atoms with van der Waals surface area (Å²) in [5, 5.41) is 6.62. The molecule has 0 saturated carbocycles. The lowest BCUT2D eigenvalue weighted by Gasteiger charge is -2.34. The van der Waals surface area contributed by atoms with E-state index >= 15 is 0 Å². The minimum Gasteiger partial charge on any atom is -0.355 e. The molecule has 19 heavy (non-hydrogen) atoms. The normalized spacial score (nSPS) is 20.2. The highest BCUT2D eigenvalue weighted by Crippen LogP contribution is 2.11. The van der Waals surface area contributed by atoms with E-state index in [0.29, 0.717) is 24.8 Å². The van der Waals surface area contributed by atoms with Crippen LogP contribution in [0.2, 0.25) is 5.15 Å². The summed E-state index contributed by atoms with van der Waals surface area (Å²) in [6, 6.07) is 5.43. The molecule has 1 fully saturated rings. The van der Waals surface area contributed by atoms with Crippen molar-refractivity contribution in [3.63, 3.8) is 0 Å². The van der Waals surface area contributed by atoms with E-state index < -0.39 is 0 Å². The number of likely N-dealkylation sites (N-methyl/N-ethyl adjacent to an activating group) is 1. The zero-order valence-electron chi connectivity index (χ0n) is 11.0. The van der Waals surface area contributed by atoms with Gasteiger partial charge in [0.1, 0.15) is 11.2 Å². The molecule has 1 aliphatic heterocycles. The Kier molecular flexibility index (Phi) is 5.13. The predicted octanol–water partition coefficient (Wildman–Crippen LogP) is 0.645. The van der Waals surface area contributed by atoms with Crippen LogP contribution in [0.15, 0.2) is 18.2 Å². The third-order valence-corrected chi connectivity index (χ3v) is 3.36. The second-order valence-corrected chi connectivity index (χ2v) is 4.92. The van der Waals surface area contributed by atoms with Gasteiger partial charge in [-0.2, -0.15) is 0 Å². The molecule has 2 rings (SSSR count). The Morgan fingerprint density at radius 2 is 2.47 bits per heavy atom. The highest BCUT2D eigenvalue weighted by atomic mass is 35.5. The third-order valence-electron chi connectivity index (χ3n) is 3.15. The smallest absolute Gasteiger partial charge is 0.238 e. The lowest BCUT2D eigenvalue weighted by Crippen LogP contribution is -2.57. The SMILES string of the molecule is CCNC(=O)C1CNCCN1Cc1cccc(Cl)n1. The quantitative estimate of drug-likeness (QED) is 0.796. The van der Waals surface area contributed by atoms with Crippen molar-refractivity contribution in [2.75, 3.05) is 26.2 Å². The van der Waals surface area contributed by atoms with E-state index in [-0.39, 0.29) is 11.9 Å². The molecule has 1 atom stereocenters. The number of carbonyl (C=O) groups is 1. The molecule has 0 spiro atoms. The first-order chi connectivity index (χ1) is 9.20. The van der Waals surface area contributed by atoms with Crippen LogP contribution in [0.25, 0.3) is 0 Å². The standard InChI is InChI=1S/C13H19ClN4O/c1-2-16-13(19)11-8-15-6-7-18(11)9-10-4-3-5-12(14)17-10/h3-5,11,15H,2,6-9H2,1H3,(H,16,19). The van der Waals surface area contributed by atoms with Crippen LogP contribution in [0.3, 0.4) is 0 Å². The molecule has 104 valence electrons. The Labute approximate surface area is 118 Å². The fourth-order valence-electron chi connectivity index (χ4n) is 2.23. The second-order valence-electron chi connectivity index (χ2n) is 4.54. The summed E-state index contributed by atoms with van der Waals surface area (Å²) in [6.45, 7) is 5.61. The van der Waals surface area contributed by atoms with Crippen molar-refractivity contribution in [1.82, 2.24) is 20.5 Å². The minimum absolute atomic E-state index is 0.0664. The number of carbonyl (C=O) groups excluding carboxylic acids is 1. The number of nitrogens with zero attached hydrogens (tertiary/aromatic N) is 2. The summed E-state index contributed by atoms with van der Waals surface area (Å²) in [7, 11) is 0. The van der Waals surface area contributed by atoms with Crippen molar-refractivity contribution in [3.05, 3.63) is 29.0 Å². The molecule has 1 amide bonds. The van der Waals surface area contributed by atoms with Crippen LogP contribution >= 0.6 is 11.6 Å². The number of hydrogen-bond acceptors (Lipinski definition) is 4. The topological polar surface area (TPSA) is 57.3 Å². The maximum atomic E-state index is 12.0. The number of nitrogens with one attached hydrogen (secondary N) is 2. The van der Waals surface area contributed by atoms with E-state index in [4.69, 9.17) is 11.6 Å². The summed E-state index contributed by atoms with van der Waals surface area (Å²) < 4.78 is 0. The van der Waals surface area contributed by atoms with Crippen molar-refractivity contribution >= 4 is 17.5 Å². The van der Waals surface area contributed by atoms with E-state index in [1.807, 2.05) is 19.1 Å². The molecule has 2 N–H and O–H groups in total. The molecule has 0 aromatic carbocycles. The van der Waals surface area contributed by atoms with Crippen LogP contribution in [0.1, 0.15) is 12.6 Å². The summed E-state index contributed by atoms with van der Waals surface area (Å²) in [6.07, 6.45) is 0. The van der Waals surface area contributed by atoms with Gasteiger partial charge in [0.05, 0.1) is 5.69 Å². The third kappa shape index (κ3) is 3.89. The Bertz CT molecular complexity index is 440. The Hall–Kier alpha value is -1.17. The second kappa shape index (κ2) is 6.84. The summed E-state index contributed by atoms with van der Waals surface area (Å²) in [4.78, 5) is 18.4. The number of hydrogen-bond donors (Lipinski definition) is 2. The first-order valence-electron chi connectivity index (χ1n) is 6.54. The first kappa shape index (κ1) is 14.2. The fourth-order valence-corrected chi connectivity index (χ4v) is 2.41. The van der Waals surface area contributed by atoms with Gasteiger partial charge in [-0.15, -0.1) is 0 Å². The highest BCUT2D eigenvalue weighted by Gasteiger charge is 2.28. The van der Waals surface area contributed by atoms with Crippen LogP contribution in [0.4, 0.5) is 0 Å². The van der Waals surface area contributed by atoms with Gasteiger partial charge in [0, 0.05) is 32.7 Å². The molecule has 1 aromatic rings. The first-order valence-corrected chi connectivity index (χ1v) is 6.92. The van der Waals surface area contributed by atoms with E-state index in [0.717, 1.165) is 18.8 Å². The lowest BCUT2D eigenvalue weighted by atomic mass is 10.1. The Morgan fingerprint density at radius 3 is 3.21 bits per heavy atom. The van der Waals surface area contributed by atoms with Crippen LogP contribution in [-0.2, 0) is 11.3 Å². The Balaban J connectivity index is 2.05. The van der Waals surface area contributed by atoms with Gasteiger partial charge in [-0.3, -0.25) is 9.69 Å². The van der Waals surface area contributed by atoms with Gasteiger partial charge in [-0.25, -0.2) is 4.98 Å². The van der Waals surface area contributed by atoms with Crippen LogP contribution < -0.4 is 10.6 Å². The Morgan fingerprint density at radius 1 is 1.63 bits per heavy atom. The maximum Gasteiger partial charge on any atom is 0.238 e. The molecule has 1 saturated heterocycles. The summed E-state index contributed by atoms with van der Waals surface area (Å²) >= 11 is 5.89. The molecule has 5 nitrogen and oxygen atoms in total. The lowest BCUT2D eigenvalue weighted by molar-refractivity contribution is -0.127. The van der Waals surface area contributed by atoms with Gasteiger partial charge < -0.3 is 10.6 Å². The average molecular weight is 283 g/mol. The predicted molar refractivity (Wildman–Crippen MR) is 75.0 cm³/mol. The summed E-state index contributed by atoms with van der Waals surface area (Å²) in [5.74, 6) is 0.0664. The van der Waals surface area contributed by atoms with Gasteiger partial charge in [0.2, 0.25) is 5.91 Å². The van der Waals surface area contributed by atoms with Crippen LogP contribution in [0, 0.1) is 0 Å². The number of pyridine rings is 1. The number of aromatic nitrogens is 1. The molecule has 2 heterocycles. The van der Waals surface area contributed by atoms with Crippen molar-refractivity contribution < 1.29 is 4.79 Å². The van der Waals surface area contributed by atoms with Gasteiger partial charge >= 0.3 is 0 Å². The number of rotatable bonds is 4. The number of piperazine rings is 1. The minimum atomic E-state index is -0.144. The van der Waals surface area contributed by atoms with Gasteiger partial charge in [-0.1, -0.05) is 17.7 Å². The largest absolute Gasteiger partial charge is 0.355 e. The zero-order valence-corrected chi connectivity index (χ0v) is 11.8.